The molecule has 102 valence electrons. The Hall–Kier alpha value is -0.820. The molecule has 1 rings (SSSR count). The highest BCUT2D eigenvalue weighted by Gasteiger charge is 2.14. The highest BCUT2D eigenvalue weighted by atomic mass is 14.8. The lowest BCUT2D eigenvalue weighted by atomic mass is 9.86. The number of hydrogen-bond donors (Lipinski definition) is 1. The van der Waals surface area contributed by atoms with E-state index in [-0.39, 0.29) is 0 Å². The summed E-state index contributed by atoms with van der Waals surface area (Å²) in [4.78, 5) is 0. The third-order valence-electron chi connectivity index (χ3n) is 4.04. The van der Waals surface area contributed by atoms with Gasteiger partial charge in [0.25, 0.3) is 0 Å². The minimum atomic E-state index is 0.731. The normalized spacial score (nSPS) is 14.5. The summed E-state index contributed by atoms with van der Waals surface area (Å²) in [6, 6.07) is 6.62. The van der Waals surface area contributed by atoms with Crippen molar-refractivity contribution in [1.82, 2.24) is 5.32 Å². The Bertz CT molecular complexity index is 336. The molecular formula is C17H29N. The fourth-order valence-corrected chi connectivity index (χ4v) is 2.40. The summed E-state index contributed by atoms with van der Waals surface area (Å²) in [5.41, 5.74) is 4.43. The maximum Gasteiger partial charge on any atom is -0.00205 e. The molecule has 0 heterocycles. The van der Waals surface area contributed by atoms with Gasteiger partial charge in [-0.2, -0.15) is 0 Å². The van der Waals surface area contributed by atoms with Gasteiger partial charge in [0.1, 0.15) is 0 Å². The van der Waals surface area contributed by atoms with Crippen LogP contribution in [-0.4, -0.2) is 13.1 Å². The van der Waals surface area contributed by atoms with Crippen LogP contribution in [0.1, 0.15) is 43.9 Å². The Morgan fingerprint density at radius 1 is 1.06 bits per heavy atom. The second-order valence-corrected chi connectivity index (χ2v) is 5.73. The molecule has 1 N–H and O–H groups in total. The van der Waals surface area contributed by atoms with Crippen molar-refractivity contribution in [3.63, 3.8) is 0 Å². The molecule has 0 aliphatic heterocycles. The number of aryl methyl sites for hydroxylation is 2. The van der Waals surface area contributed by atoms with E-state index in [1.54, 1.807) is 5.56 Å². The summed E-state index contributed by atoms with van der Waals surface area (Å²) in [6.07, 6.45) is 2.42. The van der Waals surface area contributed by atoms with Crippen LogP contribution in [0, 0.1) is 25.7 Å². The van der Waals surface area contributed by atoms with Gasteiger partial charge in [0.15, 0.2) is 0 Å². The third kappa shape index (κ3) is 4.45. The lowest BCUT2D eigenvalue weighted by Crippen LogP contribution is -2.26. The van der Waals surface area contributed by atoms with Crippen LogP contribution >= 0.6 is 0 Å². The summed E-state index contributed by atoms with van der Waals surface area (Å²) in [6.45, 7) is 13.7. The zero-order valence-electron chi connectivity index (χ0n) is 12.7. The van der Waals surface area contributed by atoms with Gasteiger partial charge in [-0.25, -0.2) is 0 Å². The van der Waals surface area contributed by atoms with Crippen molar-refractivity contribution in [2.75, 3.05) is 13.1 Å². The van der Waals surface area contributed by atoms with Gasteiger partial charge in [-0.3, -0.25) is 0 Å². The van der Waals surface area contributed by atoms with Gasteiger partial charge in [-0.1, -0.05) is 39.0 Å². The van der Waals surface area contributed by atoms with Gasteiger partial charge < -0.3 is 5.32 Å². The number of benzene rings is 1. The van der Waals surface area contributed by atoms with E-state index in [0.29, 0.717) is 0 Å². The number of nitrogens with one attached hydrogen (secondary N) is 1. The molecule has 0 saturated carbocycles. The van der Waals surface area contributed by atoms with Gasteiger partial charge in [0.05, 0.1) is 0 Å². The predicted octanol–water partition coefficient (Wildman–Crippen LogP) is 4.12. The van der Waals surface area contributed by atoms with Crippen molar-refractivity contribution in [3.8, 4) is 0 Å². The smallest absolute Gasteiger partial charge is 0.00205 e. The molecule has 0 amide bonds. The van der Waals surface area contributed by atoms with Crippen molar-refractivity contribution in [2.24, 2.45) is 11.8 Å². The number of rotatable bonds is 7. The van der Waals surface area contributed by atoms with E-state index in [9.17, 15) is 0 Å². The molecule has 1 nitrogen and oxygen atoms in total. The van der Waals surface area contributed by atoms with Crippen molar-refractivity contribution >= 4 is 0 Å². The van der Waals surface area contributed by atoms with E-state index in [1.165, 1.54) is 24.0 Å². The van der Waals surface area contributed by atoms with E-state index >= 15 is 0 Å². The highest BCUT2D eigenvalue weighted by Crippen LogP contribution is 2.21. The Balaban J connectivity index is 2.55. The van der Waals surface area contributed by atoms with Crippen LogP contribution in [0.5, 0.6) is 0 Å². The van der Waals surface area contributed by atoms with Crippen LogP contribution in [0.4, 0.5) is 0 Å². The largest absolute Gasteiger partial charge is 0.316 e. The second kappa shape index (κ2) is 7.58. The first-order chi connectivity index (χ1) is 8.56. The topological polar surface area (TPSA) is 12.0 Å². The van der Waals surface area contributed by atoms with Crippen LogP contribution < -0.4 is 5.32 Å². The predicted molar refractivity (Wildman–Crippen MR) is 81.1 cm³/mol. The lowest BCUT2D eigenvalue weighted by molar-refractivity contribution is 0.364. The minimum absolute atomic E-state index is 0.731. The van der Waals surface area contributed by atoms with E-state index < -0.39 is 0 Å². The molecule has 1 aromatic carbocycles. The van der Waals surface area contributed by atoms with Gasteiger partial charge in [0.2, 0.25) is 0 Å². The molecule has 0 aromatic heterocycles. The molecule has 2 unspecified atom stereocenters. The molecule has 0 spiro atoms. The Labute approximate surface area is 113 Å². The Morgan fingerprint density at radius 2 is 1.67 bits per heavy atom. The first-order valence-corrected chi connectivity index (χ1v) is 7.32. The van der Waals surface area contributed by atoms with Crippen LogP contribution in [-0.2, 0) is 6.42 Å². The van der Waals surface area contributed by atoms with Gasteiger partial charge in [0, 0.05) is 0 Å². The first-order valence-electron chi connectivity index (χ1n) is 7.32. The molecular weight excluding hydrogens is 218 g/mol. The molecule has 1 heteroatoms. The fraction of sp³-hybridized carbons (Fsp3) is 0.647. The Kier molecular flexibility index (Phi) is 6.42. The average molecular weight is 247 g/mol. The van der Waals surface area contributed by atoms with E-state index in [1.807, 2.05) is 0 Å². The van der Waals surface area contributed by atoms with E-state index in [0.717, 1.165) is 24.9 Å². The summed E-state index contributed by atoms with van der Waals surface area (Å²) in [7, 11) is 0. The molecule has 18 heavy (non-hydrogen) atoms. The molecule has 0 aliphatic carbocycles. The molecule has 1 aromatic rings. The zero-order valence-corrected chi connectivity index (χ0v) is 12.7. The molecule has 0 saturated heterocycles. The molecule has 0 fully saturated rings. The molecule has 2 atom stereocenters. The van der Waals surface area contributed by atoms with Crippen LogP contribution in [0.3, 0.4) is 0 Å². The van der Waals surface area contributed by atoms with Crippen molar-refractivity contribution in [3.05, 3.63) is 34.9 Å². The van der Waals surface area contributed by atoms with Crippen LogP contribution in [0.2, 0.25) is 0 Å². The van der Waals surface area contributed by atoms with Gasteiger partial charge in [-0.15, -0.1) is 0 Å². The summed E-state index contributed by atoms with van der Waals surface area (Å²) >= 11 is 0. The highest BCUT2D eigenvalue weighted by molar-refractivity contribution is 5.33. The van der Waals surface area contributed by atoms with Crippen molar-refractivity contribution in [2.45, 2.75) is 47.5 Å². The maximum absolute atomic E-state index is 3.53. The van der Waals surface area contributed by atoms with Crippen LogP contribution in [0.15, 0.2) is 18.2 Å². The maximum atomic E-state index is 3.53. The number of hydrogen-bond acceptors (Lipinski definition) is 1. The molecule has 0 radical (unpaired) electrons. The molecule has 0 aliphatic rings. The SMILES string of the molecule is CCCNCC(C)C(C)Cc1c(C)cccc1C. The zero-order chi connectivity index (χ0) is 13.5. The summed E-state index contributed by atoms with van der Waals surface area (Å²) < 4.78 is 0. The summed E-state index contributed by atoms with van der Waals surface area (Å²) in [5.74, 6) is 1.46. The van der Waals surface area contributed by atoms with Gasteiger partial charge >= 0.3 is 0 Å². The fourth-order valence-electron chi connectivity index (χ4n) is 2.40. The third-order valence-corrected chi connectivity index (χ3v) is 4.04. The Morgan fingerprint density at radius 3 is 2.22 bits per heavy atom. The van der Waals surface area contributed by atoms with E-state index in [2.05, 4.69) is 58.1 Å². The quantitative estimate of drug-likeness (QED) is 0.715. The first kappa shape index (κ1) is 15.2. The monoisotopic (exact) mass is 247 g/mol. The van der Waals surface area contributed by atoms with Crippen molar-refractivity contribution in [1.29, 1.82) is 0 Å². The second-order valence-electron chi connectivity index (χ2n) is 5.73. The minimum Gasteiger partial charge on any atom is -0.316 e. The van der Waals surface area contributed by atoms with Gasteiger partial charge in [-0.05, 0) is 68.3 Å². The van der Waals surface area contributed by atoms with E-state index in [4.69, 9.17) is 0 Å². The average Bonchev–Trinajstić information content (AvgIpc) is 2.34. The summed E-state index contributed by atoms with van der Waals surface area (Å²) in [5, 5.41) is 3.53. The standard InChI is InChI=1S/C17H29N/c1-6-10-18-12-16(5)15(4)11-17-13(2)8-7-9-14(17)3/h7-9,15-16,18H,6,10-12H2,1-5H3. The lowest BCUT2D eigenvalue weighted by Gasteiger charge is -2.22. The van der Waals surface area contributed by atoms with Crippen LogP contribution in [0.25, 0.3) is 0 Å². The van der Waals surface area contributed by atoms with Crippen molar-refractivity contribution < 1.29 is 0 Å². The molecule has 0 bridgehead atoms.